The number of nitrogens with one attached hydrogen (secondary N) is 1. The maximum atomic E-state index is 10.7. The lowest BCUT2D eigenvalue weighted by atomic mass is 9.79. The molecule has 1 aliphatic heterocycles. The average Bonchev–Trinajstić information content (AvgIpc) is 2.48. The van der Waals surface area contributed by atoms with Gasteiger partial charge in [0, 0.05) is 18.7 Å². The van der Waals surface area contributed by atoms with E-state index < -0.39 is 5.97 Å². The molecule has 3 atom stereocenters. The molecule has 3 unspecified atom stereocenters. The van der Waals surface area contributed by atoms with Gasteiger partial charge in [-0.05, 0) is 19.3 Å². The second-order valence-corrected chi connectivity index (χ2v) is 3.86. The third-order valence-electron chi connectivity index (χ3n) is 2.97. The van der Waals surface area contributed by atoms with E-state index in [9.17, 15) is 4.79 Å². The summed E-state index contributed by atoms with van der Waals surface area (Å²) in [6, 6.07) is 0.566. The molecule has 1 heterocycles. The topological polar surface area (TPSA) is 58.6 Å². The molecular weight excluding hydrogens is 170 g/mol. The lowest BCUT2D eigenvalue weighted by molar-refractivity contribution is -0.146. The van der Waals surface area contributed by atoms with Crippen LogP contribution in [0.4, 0.5) is 0 Å². The van der Waals surface area contributed by atoms with E-state index in [1.165, 1.54) is 0 Å². The molecule has 0 amide bonds. The summed E-state index contributed by atoms with van der Waals surface area (Å²) in [4.78, 5) is 10.7. The lowest BCUT2D eigenvalue weighted by Crippen LogP contribution is -2.51. The monoisotopic (exact) mass is 185 g/mol. The first kappa shape index (κ1) is 8.97. The third kappa shape index (κ3) is 1.84. The Hall–Kier alpha value is -0.610. The normalized spacial score (nSPS) is 38.6. The molecule has 1 saturated carbocycles. The zero-order valence-electron chi connectivity index (χ0n) is 7.53. The lowest BCUT2D eigenvalue weighted by Gasteiger charge is -2.35. The summed E-state index contributed by atoms with van der Waals surface area (Å²) in [5.74, 6) is -0.830. The predicted octanol–water partition coefficient (Wildman–Crippen LogP) is 0.228. The maximum absolute atomic E-state index is 10.7. The zero-order chi connectivity index (χ0) is 9.26. The molecule has 4 heteroatoms. The average molecular weight is 185 g/mol. The number of hydrogen-bond donors (Lipinski definition) is 2. The standard InChI is InChI=1S/C9H15NO3/c11-9(12)7-1-2-8(7)10-6-3-4-13-5-6/h6-8,10H,1-5H2,(H,11,12). The molecule has 0 aromatic carbocycles. The van der Waals surface area contributed by atoms with Gasteiger partial charge < -0.3 is 15.2 Å². The molecule has 0 spiro atoms. The summed E-state index contributed by atoms with van der Waals surface area (Å²) in [5.41, 5.74) is 0. The van der Waals surface area contributed by atoms with Gasteiger partial charge in [-0.25, -0.2) is 0 Å². The van der Waals surface area contributed by atoms with Gasteiger partial charge in [-0.15, -0.1) is 0 Å². The molecule has 2 fully saturated rings. The fourth-order valence-electron chi connectivity index (χ4n) is 1.96. The third-order valence-corrected chi connectivity index (χ3v) is 2.97. The first-order chi connectivity index (χ1) is 6.27. The fourth-order valence-corrected chi connectivity index (χ4v) is 1.96. The first-order valence-corrected chi connectivity index (χ1v) is 4.84. The Balaban J connectivity index is 1.78. The van der Waals surface area contributed by atoms with E-state index in [1.54, 1.807) is 0 Å². The van der Waals surface area contributed by atoms with Gasteiger partial charge in [-0.3, -0.25) is 4.79 Å². The second-order valence-electron chi connectivity index (χ2n) is 3.86. The van der Waals surface area contributed by atoms with E-state index in [2.05, 4.69) is 5.32 Å². The highest BCUT2D eigenvalue weighted by Gasteiger charge is 2.37. The van der Waals surface area contributed by atoms with Crippen LogP contribution in [-0.4, -0.2) is 36.4 Å². The summed E-state index contributed by atoms with van der Waals surface area (Å²) < 4.78 is 5.21. The largest absolute Gasteiger partial charge is 0.481 e. The van der Waals surface area contributed by atoms with Crippen molar-refractivity contribution >= 4 is 5.97 Å². The van der Waals surface area contributed by atoms with Crippen LogP contribution in [0.1, 0.15) is 19.3 Å². The van der Waals surface area contributed by atoms with Crippen molar-refractivity contribution < 1.29 is 14.6 Å². The molecule has 2 rings (SSSR count). The van der Waals surface area contributed by atoms with E-state index in [-0.39, 0.29) is 12.0 Å². The molecule has 0 aromatic rings. The van der Waals surface area contributed by atoms with Crippen molar-refractivity contribution in [1.29, 1.82) is 0 Å². The van der Waals surface area contributed by atoms with Crippen LogP contribution in [0.2, 0.25) is 0 Å². The van der Waals surface area contributed by atoms with Crippen molar-refractivity contribution in [1.82, 2.24) is 5.32 Å². The highest BCUT2D eigenvalue weighted by molar-refractivity contribution is 5.72. The van der Waals surface area contributed by atoms with E-state index in [0.717, 1.165) is 32.5 Å². The Morgan fingerprint density at radius 2 is 2.23 bits per heavy atom. The van der Waals surface area contributed by atoms with Crippen LogP contribution >= 0.6 is 0 Å². The Morgan fingerprint density at radius 3 is 2.69 bits per heavy atom. The number of aliphatic carboxylic acids is 1. The molecule has 13 heavy (non-hydrogen) atoms. The van der Waals surface area contributed by atoms with Crippen LogP contribution in [-0.2, 0) is 9.53 Å². The maximum Gasteiger partial charge on any atom is 0.308 e. The Kier molecular flexibility index (Phi) is 2.51. The number of carboxylic acids is 1. The number of ether oxygens (including phenoxy) is 1. The van der Waals surface area contributed by atoms with Gasteiger partial charge in [0.2, 0.25) is 0 Å². The van der Waals surface area contributed by atoms with E-state index in [1.807, 2.05) is 0 Å². The minimum absolute atomic E-state index is 0.166. The zero-order valence-corrected chi connectivity index (χ0v) is 7.53. The predicted molar refractivity (Wildman–Crippen MR) is 46.5 cm³/mol. The molecule has 2 aliphatic rings. The van der Waals surface area contributed by atoms with Crippen molar-refractivity contribution in [2.75, 3.05) is 13.2 Å². The van der Waals surface area contributed by atoms with Gasteiger partial charge >= 0.3 is 5.97 Å². The summed E-state index contributed by atoms with van der Waals surface area (Å²) >= 11 is 0. The van der Waals surface area contributed by atoms with Crippen molar-refractivity contribution in [3.05, 3.63) is 0 Å². The van der Waals surface area contributed by atoms with Gasteiger partial charge in [0.15, 0.2) is 0 Å². The minimum Gasteiger partial charge on any atom is -0.481 e. The molecule has 1 saturated heterocycles. The van der Waals surface area contributed by atoms with Crippen LogP contribution in [0.15, 0.2) is 0 Å². The van der Waals surface area contributed by atoms with Crippen LogP contribution < -0.4 is 5.32 Å². The van der Waals surface area contributed by atoms with Crippen molar-refractivity contribution in [2.24, 2.45) is 5.92 Å². The summed E-state index contributed by atoms with van der Waals surface area (Å²) in [6.45, 7) is 1.55. The summed E-state index contributed by atoms with van der Waals surface area (Å²) in [7, 11) is 0. The summed E-state index contributed by atoms with van der Waals surface area (Å²) in [6.07, 6.45) is 2.83. The second kappa shape index (κ2) is 3.64. The van der Waals surface area contributed by atoms with Gasteiger partial charge in [0.25, 0.3) is 0 Å². The molecule has 0 aromatic heterocycles. The van der Waals surface area contributed by atoms with Crippen LogP contribution in [0.5, 0.6) is 0 Å². The fraction of sp³-hybridized carbons (Fsp3) is 0.889. The Labute approximate surface area is 77.3 Å². The van der Waals surface area contributed by atoms with E-state index >= 15 is 0 Å². The van der Waals surface area contributed by atoms with Gasteiger partial charge in [0.1, 0.15) is 0 Å². The highest BCUT2D eigenvalue weighted by atomic mass is 16.5. The van der Waals surface area contributed by atoms with Gasteiger partial charge in [-0.1, -0.05) is 0 Å². The summed E-state index contributed by atoms with van der Waals surface area (Å²) in [5, 5.41) is 12.1. The molecule has 2 N–H and O–H groups in total. The molecule has 1 aliphatic carbocycles. The Bertz CT molecular complexity index is 201. The first-order valence-electron chi connectivity index (χ1n) is 4.84. The van der Waals surface area contributed by atoms with Gasteiger partial charge in [-0.2, -0.15) is 0 Å². The molecule has 4 nitrogen and oxygen atoms in total. The van der Waals surface area contributed by atoms with Crippen LogP contribution in [0.25, 0.3) is 0 Å². The number of carboxylic acid groups (broad SMARTS) is 1. The number of carbonyl (C=O) groups is 1. The molecule has 74 valence electrons. The number of rotatable bonds is 3. The van der Waals surface area contributed by atoms with Gasteiger partial charge in [0.05, 0.1) is 12.5 Å². The minimum atomic E-state index is -0.664. The smallest absolute Gasteiger partial charge is 0.308 e. The van der Waals surface area contributed by atoms with Crippen molar-refractivity contribution in [3.63, 3.8) is 0 Å². The van der Waals surface area contributed by atoms with Crippen LogP contribution in [0, 0.1) is 5.92 Å². The molecule has 0 radical (unpaired) electrons. The SMILES string of the molecule is O=C(O)C1CCC1NC1CCOC1. The molecular formula is C9H15NO3. The van der Waals surface area contributed by atoms with E-state index in [0.29, 0.717) is 6.04 Å². The quantitative estimate of drug-likeness (QED) is 0.660. The van der Waals surface area contributed by atoms with Crippen molar-refractivity contribution in [3.8, 4) is 0 Å². The molecule has 0 bridgehead atoms. The highest BCUT2D eigenvalue weighted by Crippen LogP contribution is 2.28. The Morgan fingerprint density at radius 1 is 1.38 bits per heavy atom. The van der Waals surface area contributed by atoms with E-state index in [4.69, 9.17) is 9.84 Å². The van der Waals surface area contributed by atoms with Crippen LogP contribution in [0.3, 0.4) is 0 Å². The number of hydrogen-bond acceptors (Lipinski definition) is 3. The van der Waals surface area contributed by atoms with Crippen molar-refractivity contribution in [2.45, 2.75) is 31.3 Å².